The Labute approximate surface area is 161 Å². The SMILES string of the molecule is Cc1c(C(=O)N(C)C)nc(Nc2ccccc2)n1Nc1ccc([N+](=O)[O-])cc1. The minimum absolute atomic E-state index is 0.000915. The van der Waals surface area contributed by atoms with Crippen molar-refractivity contribution < 1.29 is 9.72 Å². The molecule has 0 bridgehead atoms. The molecule has 0 aliphatic rings. The molecule has 3 aromatic rings. The smallest absolute Gasteiger partial charge is 0.273 e. The molecule has 9 nitrogen and oxygen atoms in total. The molecule has 1 amide bonds. The van der Waals surface area contributed by atoms with E-state index in [0.717, 1.165) is 5.69 Å². The van der Waals surface area contributed by atoms with Gasteiger partial charge in [-0.2, -0.15) is 0 Å². The van der Waals surface area contributed by atoms with Crippen molar-refractivity contribution in [1.29, 1.82) is 0 Å². The summed E-state index contributed by atoms with van der Waals surface area (Å²) in [6.45, 7) is 1.78. The number of nitrogens with one attached hydrogen (secondary N) is 2. The van der Waals surface area contributed by atoms with E-state index < -0.39 is 4.92 Å². The molecule has 0 fully saturated rings. The minimum Gasteiger partial charge on any atom is -0.343 e. The fourth-order valence-electron chi connectivity index (χ4n) is 2.57. The normalized spacial score (nSPS) is 10.4. The number of aromatic nitrogens is 2. The van der Waals surface area contributed by atoms with Crippen LogP contribution in [0.15, 0.2) is 54.6 Å². The number of rotatable bonds is 6. The molecule has 2 aromatic carbocycles. The molecule has 0 aliphatic heterocycles. The topological polar surface area (TPSA) is 105 Å². The fourth-order valence-corrected chi connectivity index (χ4v) is 2.57. The molecule has 1 heterocycles. The zero-order valence-corrected chi connectivity index (χ0v) is 15.7. The minimum atomic E-state index is -0.456. The Balaban J connectivity index is 1.99. The van der Waals surface area contributed by atoms with Crippen molar-refractivity contribution in [2.75, 3.05) is 24.8 Å². The van der Waals surface area contributed by atoms with Crippen molar-refractivity contribution in [2.24, 2.45) is 0 Å². The summed E-state index contributed by atoms with van der Waals surface area (Å²) in [6.07, 6.45) is 0. The van der Waals surface area contributed by atoms with Gasteiger partial charge in [-0.15, -0.1) is 0 Å². The standard InChI is InChI=1S/C19H20N6O3/c1-13-17(18(26)23(2)3)21-19(20-14-7-5-4-6-8-14)24(13)22-15-9-11-16(12-10-15)25(27)28/h4-12,22H,1-3H3,(H,20,21). The molecule has 0 spiro atoms. The van der Waals surface area contributed by atoms with Crippen molar-refractivity contribution in [1.82, 2.24) is 14.6 Å². The zero-order chi connectivity index (χ0) is 20.3. The quantitative estimate of drug-likeness (QED) is 0.501. The van der Waals surface area contributed by atoms with E-state index in [2.05, 4.69) is 15.7 Å². The lowest BCUT2D eigenvalue weighted by molar-refractivity contribution is -0.384. The fraction of sp³-hybridized carbons (Fsp3) is 0.158. The number of para-hydroxylation sites is 1. The van der Waals surface area contributed by atoms with Crippen molar-refractivity contribution >= 4 is 28.9 Å². The van der Waals surface area contributed by atoms with E-state index in [0.29, 0.717) is 23.0 Å². The van der Waals surface area contributed by atoms with Crippen LogP contribution >= 0.6 is 0 Å². The van der Waals surface area contributed by atoms with Crippen LogP contribution in [0.2, 0.25) is 0 Å². The highest BCUT2D eigenvalue weighted by Crippen LogP contribution is 2.23. The molecule has 1 aromatic heterocycles. The van der Waals surface area contributed by atoms with Crippen LogP contribution in [0.3, 0.4) is 0 Å². The average molecular weight is 380 g/mol. The van der Waals surface area contributed by atoms with E-state index in [-0.39, 0.29) is 11.6 Å². The van der Waals surface area contributed by atoms with Gasteiger partial charge < -0.3 is 10.2 Å². The number of amides is 1. The van der Waals surface area contributed by atoms with E-state index in [1.165, 1.54) is 17.0 Å². The largest absolute Gasteiger partial charge is 0.343 e. The first-order chi connectivity index (χ1) is 13.4. The zero-order valence-electron chi connectivity index (χ0n) is 15.7. The number of carbonyl (C=O) groups excluding carboxylic acids is 1. The molecule has 0 atom stereocenters. The Morgan fingerprint density at radius 1 is 1.07 bits per heavy atom. The summed E-state index contributed by atoms with van der Waals surface area (Å²) in [7, 11) is 3.32. The van der Waals surface area contributed by atoms with Gasteiger partial charge in [-0.05, 0) is 31.2 Å². The molecule has 0 saturated heterocycles. The molecule has 2 N–H and O–H groups in total. The van der Waals surface area contributed by atoms with Crippen molar-refractivity contribution in [3.8, 4) is 0 Å². The van der Waals surface area contributed by atoms with Gasteiger partial charge in [-0.25, -0.2) is 9.66 Å². The number of anilines is 3. The number of non-ortho nitro benzene ring substituents is 1. The van der Waals surface area contributed by atoms with Crippen LogP contribution in [0.25, 0.3) is 0 Å². The number of benzene rings is 2. The first-order valence-corrected chi connectivity index (χ1v) is 8.51. The van der Waals surface area contributed by atoms with Crippen LogP contribution in [-0.4, -0.2) is 39.5 Å². The third-order valence-electron chi connectivity index (χ3n) is 4.07. The summed E-state index contributed by atoms with van der Waals surface area (Å²) in [5, 5.41) is 14.0. The first-order valence-electron chi connectivity index (χ1n) is 8.51. The van der Waals surface area contributed by atoms with Crippen LogP contribution in [0.1, 0.15) is 16.2 Å². The van der Waals surface area contributed by atoms with Crippen molar-refractivity contribution in [2.45, 2.75) is 6.92 Å². The first kappa shape index (κ1) is 18.9. The Hall–Kier alpha value is -3.88. The van der Waals surface area contributed by atoms with Gasteiger partial charge in [0.25, 0.3) is 11.6 Å². The van der Waals surface area contributed by atoms with E-state index >= 15 is 0 Å². The lowest BCUT2D eigenvalue weighted by Crippen LogP contribution is -2.23. The van der Waals surface area contributed by atoms with Crippen molar-refractivity contribution in [3.63, 3.8) is 0 Å². The van der Waals surface area contributed by atoms with Gasteiger partial charge >= 0.3 is 0 Å². The van der Waals surface area contributed by atoms with Gasteiger partial charge in [0.15, 0.2) is 5.69 Å². The van der Waals surface area contributed by atoms with E-state index in [9.17, 15) is 14.9 Å². The second kappa shape index (κ2) is 7.78. The summed E-state index contributed by atoms with van der Waals surface area (Å²) in [6, 6.07) is 15.4. The van der Waals surface area contributed by atoms with Gasteiger partial charge in [0, 0.05) is 31.9 Å². The maximum absolute atomic E-state index is 12.5. The highest BCUT2D eigenvalue weighted by molar-refractivity contribution is 5.93. The molecule has 0 radical (unpaired) electrons. The maximum Gasteiger partial charge on any atom is 0.273 e. The second-order valence-corrected chi connectivity index (χ2v) is 6.31. The average Bonchev–Trinajstić information content (AvgIpc) is 2.98. The molecule has 9 heteroatoms. The lowest BCUT2D eigenvalue weighted by Gasteiger charge is -2.14. The van der Waals surface area contributed by atoms with Gasteiger partial charge in [0.1, 0.15) is 0 Å². The third-order valence-corrected chi connectivity index (χ3v) is 4.07. The predicted molar refractivity (Wildman–Crippen MR) is 107 cm³/mol. The lowest BCUT2D eigenvalue weighted by atomic mass is 10.3. The summed E-state index contributed by atoms with van der Waals surface area (Å²) in [5.41, 5.74) is 5.47. The third kappa shape index (κ3) is 3.93. The van der Waals surface area contributed by atoms with Gasteiger partial charge in [-0.3, -0.25) is 20.3 Å². The summed E-state index contributed by atoms with van der Waals surface area (Å²) < 4.78 is 1.64. The molecule has 3 rings (SSSR count). The van der Waals surface area contributed by atoms with E-state index in [4.69, 9.17) is 0 Å². The Kier molecular flexibility index (Phi) is 5.25. The Morgan fingerprint density at radius 2 is 1.71 bits per heavy atom. The van der Waals surface area contributed by atoms with Crippen molar-refractivity contribution in [3.05, 3.63) is 76.1 Å². The van der Waals surface area contributed by atoms with Gasteiger partial charge in [-0.1, -0.05) is 18.2 Å². The number of imidazole rings is 1. The monoisotopic (exact) mass is 380 g/mol. The highest BCUT2D eigenvalue weighted by Gasteiger charge is 2.21. The summed E-state index contributed by atoms with van der Waals surface area (Å²) >= 11 is 0. The number of nitro groups is 1. The molecular weight excluding hydrogens is 360 g/mol. The number of hydrogen-bond donors (Lipinski definition) is 2. The number of carbonyl (C=O) groups is 1. The molecule has 0 unspecified atom stereocenters. The van der Waals surface area contributed by atoms with Gasteiger partial charge in [0.2, 0.25) is 5.95 Å². The molecule has 0 aliphatic carbocycles. The van der Waals surface area contributed by atoms with Crippen LogP contribution < -0.4 is 10.7 Å². The van der Waals surface area contributed by atoms with Crippen LogP contribution in [0.4, 0.5) is 23.0 Å². The second-order valence-electron chi connectivity index (χ2n) is 6.31. The molecule has 28 heavy (non-hydrogen) atoms. The van der Waals surface area contributed by atoms with E-state index in [1.54, 1.807) is 37.8 Å². The summed E-state index contributed by atoms with van der Waals surface area (Å²) in [5.74, 6) is 0.199. The number of hydrogen-bond acceptors (Lipinski definition) is 6. The number of nitrogens with zero attached hydrogens (tertiary/aromatic N) is 4. The van der Waals surface area contributed by atoms with Crippen LogP contribution in [0, 0.1) is 17.0 Å². The molecular formula is C19H20N6O3. The van der Waals surface area contributed by atoms with E-state index in [1.807, 2.05) is 30.3 Å². The molecule has 0 saturated carbocycles. The highest BCUT2D eigenvalue weighted by atomic mass is 16.6. The molecule has 144 valence electrons. The Morgan fingerprint density at radius 3 is 2.29 bits per heavy atom. The van der Waals surface area contributed by atoms with Crippen LogP contribution in [-0.2, 0) is 0 Å². The van der Waals surface area contributed by atoms with Crippen LogP contribution in [0.5, 0.6) is 0 Å². The van der Waals surface area contributed by atoms with Gasteiger partial charge in [0.05, 0.1) is 16.3 Å². The Bertz CT molecular complexity index is 997. The predicted octanol–water partition coefficient (Wildman–Crippen LogP) is 3.42. The maximum atomic E-state index is 12.5. The number of nitro benzene ring substituents is 1. The summed E-state index contributed by atoms with van der Waals surface area (Å²) in [4.78, 5) is 28.8.